The largest absolute Gasteiger partial charge is 0.370 e. The highest BCUT2D eigenvalue weighted by Gasteiger charge is 2.19. The molecule has 0 unspecified atom stereocenters. The van der Waals surface area contributed by atoms with Crippen LogP contribution < -0.4 is 10.6 Å². The summed E-state index contributed by atoms with van der Waals surface area (Å²) < 4.78 is 0. The van der Waals surface area contributed by atoms with Crippen molar-refractivity contribution < 1.29 is 0 Å². The highest BCUT2D eigenvalue weighted by atomic mass is 35.5. The first kappa shape index (κ1) is 13.7. The molecule has 0 bridgehead atoms. The topological polar surface area (TPSA) is 29.3 Å². The Balaban J connectivity index is 2.10. The normalized spacial score (nSPS) is 19.0. The second-order valence-corrected chi connectivity index (χ2v) is 5.75. The zero-order valence-electron chi connectivity index (χ0n) is 11.3. The molecule has 0 aromatic heterocycles. The SMILES string of the molecule is CCC1CCN(c2ccc([C@H](C)N)cc2Cl)CC1. The number of halogens is 1. The highest BCUT2D eigenvalue weighted by molar-refractivity contribution is 6.33. The number of hydrogen-bond donors (Lipinski definition) is 1. The molecule has 2 rings (SSSR count). The summed E-state index contributed by atoms with van der Waals surface area (Å²) in [7, 11) is 0. The number of hydrogen-bond acceptors (Lipinski definition) is 2. The van der Waals surface area contributed by atoms with Crippen LogP contribution in [0, 0.1) is 5.92 Å². The zero-order chi connectivity index (χ0) is 13.1. The summed E-state index contributed by atoms with van der Waals surface area (Å²) in [6.45, 7) is 6.51. The summed E-state index contributed by atoms with van der Waals surface area (Å²) in [5.41, 5.74) is 8.14. The van der Waals surface area contributed by atoms with Gasteiger partial charge in [0.15, 0.2) is 0 Å². The van der Waals surface area contributed by atoms with Crippen molar-refractivity contribution in [3.63, 3.8) is 0 Å². The molecule has 1 fully saturated rings. The molecule has 1 heterocycles. The third kappa shape index (κ3) is 2.99. The van der Waals surface area contributed by atoms with Gasteiger partial charge < -0.3 is 10.6 Å². The van der Waals surface area contributed by atoms with Gasteiger partial charge in [-0.15, -0.1) is 0 Å². The van der Waals surface area contributed by atoms with E-state index in [-0.39, 0.29) is 6.04 Å². The molecule has 1 aromatic rings. The molecule has 3 heteroatoms. The fourth-order valence-corrected chi connectivity index (χ4v) is 2.95. The van der Waals surface area contributed by atoms with Gasteiger partial charge in [-0.05, 0) is 43.4 Å². The lowest BCUT2D eigenvalue weighted by Crippen LogP contribution is -2.33. The molecule has 1 aromatic carbocycles. The van der Waals surface area contributed by atoms with Crippen LogP contribution in [0.1, 0.15) is 44.7 Å². The summed E-state index contributed by atoms with van der Waals surface area (Å²) in [5, 5.41) is 0.833. The van der Waals surface area contributed by atoms with Crippen LogP contribution in [0.3, 0.4) is 0 Å². The highest BCUT2D eigenvalue weighted by Crippen LogP contribution is 2.32. The van der Waals surface area contributed by atoms with Crippen LogP contribution in [0.15, 0.2) is 18.2 Å². The van der Waals surface area contributed by atoms with Gasteiger partial charge in [0.05, 0.1) is 10.7 Å². The summed E-state index contributed by atoms with van der Waals surface area (Å²) in [4.78, 5) is 2.40. The number of piperidine rings is 1. The van der Waals surface area contributed by atoms with E-state index < -0.39 is 0 Å². The molecular weight excluding hydrogens is 244 g/mol. The van der Waals surface area contributed by atoms with Crippen molar-refractivity contribution in [3.8, 4) is 0 Å². The minimum absolute atomic E-state index is 0.0439. The van der Waals surface area contributed by atoms with Crippen molar-refractivity contribution in [1.82, 2.24) is 0 Å². The van der Waals surface area contributed by atoms with E-state index in [4.69, 9.17) is 17.3 Å². The summed E-state index contributed by atoms with van der Waals surface area (Å²) in [5.74, 6) is 0.892. The van der Waals surface area contributed by atoms with Crippen molar-refractivity contribution in [2.75, 3.05) is 18.0 Å². The van der Waals surface area contributed by atoms with Crippen molar-refractivity contribution in [1.29, 1.82) is 0 Å². The Hall–Kier alpha value is -0.730. The lowest BCUT2D eigenvalue weighted by atomic mass is 9.94. The quantitative estimate of drug-likeness (QED) is 0.896. The number of nitrogens with two attached hydrogens (primary N) is 1. The molecule has 1 aliphatic heterocycles. The first-order valence-electron chi connectivity index (χ1n) is 6.91. The number of benzene rings is 1. The second-order valence-electron chi connectivity index (χ2n) is 5.34. The van der Waals surface area contributed by atoms with E-state index in [0.29, 0.717) is 0 Å². The molecule has 1 saturated heterocycles. The Kier molecular flexibility index (Phi) is 4.52. The van der Waals surface area contributed by atoms with Crippen molar-refractivity contribution >= 4 is 17.3 Å². The molecule has 18 heavy (non-hydrogen) atoms. The minimum Gasteiger partial charge on any atom is -0.370 e. The van der Waals surface area contributed by atoms with Crippen LogP contribution in [0.4, 0.5) is 5.69 Å². The van der Waals surface area contributed by atoms with Crippen molar-refractivity contribution in [2.24, 2.45) is 11.7 Å². The van der Waals surface area contributed by atoms with Crippen LogP contribution in [0.25, 0.3) is 0 Å². The van der Waals surface area contributed by atoms with Gasteiger partial charge in [0.1, 0.15) is 0 Å². The molecule has 0 saturated carbocycles. The van der Waals surface area contributed by atoms with Gasteiger partial charge in [-0.1, -0.05) is 31.0 Å². The van der Waals surface area contributed by atoms with Crippen LogP contribution >= 0.6 is 11.6 Å². The minimum atomic E-state index is 0.0439. The fraction of sp³-hybridized carbons (Fsp3) is 0.600. The Morgan fingerprint density at radius 2 is 2.06 bits per heavy atom. The maximum absolute atomic E-state index is 6.38. The molecule has 1 atom stereocenters. The predicted molar refractivity (Wildman–Crippen MR) is 79.3 cm³/mol. The standard InChI is InChI=1S/C15H23ClN2/c1-3-12-6-8-18(9-7-12)15-5-4-13(11(2)17)10-14(15)16/h4-5,10-12H,3,6-9,17H2,1-2H3/t11-/m0/s1. The average Bonchev–Trinajstić information content (AvgIpc) is 2.38. The first-order valence-corrected chi connectivity index (χ1v) is 7.29. The maximum Gasteiger partial charge on any atom is 0.0642 e. The van der Waals surface area contributed by atoms with Gasteiger partial charge in [0, 0.05) is 19.1 Å². The Morgan fingerprint density at radius 1 is 1.39 bits per heavy atom. The van der Waals surface area contributed by atoms with Crippen molar-refractivity contribution in [3.05, 3.63) is 28.8 Å². The molecule has 0 aliphatic carbocycles. The van der Waals surface area contributed by atoms with E-state index in [0.717, 1.165) is 35.3 Å². The molecular formula is C15H23ClN2. The average molecular weight is 267 g/mol. The number of anilines is 1. The van der Waals surface area contributed by atoms with Crippen LogP contribution in [-0.4, -0.2) is 13.1 Å². The third-order valence-electron chi connectivity index (χ3n) is 4.03. The first-order chi connectivity index (χ1) is 8.61. The predicted octanol–water partition coefficient (Wildman–Crippen LogP) is 3.99. The van der Waals surface area contributed by atoms with Gasteiger partial charge in [-0.2, -0.15) is 0 Å². The summed E-state index contributed by atoms with van der Waals surface area (Å²) in [6, 6.07) is 6.26. The lowest BCUT2D eigenvalue weighted by molar-refractivity contribution is 0.395. The molecule has 2 nitrogen and oxygen atoms in total. The monoisotopic (exact) mass is 266 g/mol. The Bertz CT molecular complexity index is 395. The van der Waals surface area contributed by atoms with Gasteiger partial charge in [0.25, 0.3) is 0 Å². The van der Waals surface area contributed by atoms with Gasteiger partial charge in [0.2, 0.25) is 0 Å². The third-order valence-corrected chi connectivity index (χ3v) is 4.33. The molecule has 0 radical (unpaired) electrons. The molecule has 0 spiro atoms. The number of nitrogens with zero attached hydrogens (tertiary/aromatic N) is 1. The summed E-state index contributed by atoms with van der Waals surface area (Å²) in [6.07, 6.45) is 3.86. The molecule has 0 amide bonds. The van der Waals surface area contributed by atoms with E-state index in [2.05, 4.69) is 24.0 Å². The zero-order valence-corrected chi connectivity index (χ0v) is 12.1. The van der Waals surface area contributed by atoms with E-state index in [1.54, 1.807) is 0 Å². The van der Waals surface area contributed by atoms with E-state index in [9.17, 15) is 0 Å². The molecule has 100 valence electrons. The van der Waals surface area contributed by atoms with Gasteiger partial charge >= 0.3 is 0 Å². The molecule has 1 aliphatic rings. The van der Waals surface area contributed by atoms with E-state index in [1.807, 2.05) is 13.0 Å². The second kappa shape index (κ2) is 5.94. The van der Waals surface area contributed by atoms with E-state index in [1.165, 1.54) is 19.3 Å². The van der Waals surface area contributed by atoms with Crippen LogP contribution in [0.5, 0.6) is 0 Å². The molecule has 2 N–H and O–H groups in total. The fourth-order valence-electron chi connectivity index (χ4n) is 2.64. The van der Waals surface area contributed by atoms with Gasteiger partial charge in [-0.3, -0.25) is 0 Å². The lowest BCUT2D eigenvalue weighted by Gasteiger charge is -2.34. The van der Waals surface area contributed by atoms with Crippen molar-refractivity contribution in [2.45, 2.75) is 39.2 Å². The Labute approximate surface area is 115 Å². The summed E-state index contributed by atoms with van der Waals surface area (Å²) >= 11 is 6.38. The number of rotatable bonds is 3. The van der Waals surface area contributed by atoms with Crippen LogP contribution in [-0.2, 0) is 0 Å². The van der Waals surface area contributed by atoms with Crippen LogP contribution in [0.2, 0.25) is 5.02 Å². The Morgan fingerprint density at radius 3 is 2.56 bits per heavy atom. The van der Waals surface area contributed by atoms with E-state index >= 15 is 0 Å². The van der Waals surface area contributed by atoms with Gasteiger partial charge in [-0.25, -0.2) is 0 Å². The maximum atomic E-state index is 6.38. The smallest absolute Gasteiger partial charge is 0.0642 e.